The largest absolute Gasteiger partial charge is 0.493 e. The Morgan fingerprint density at radius 3 is 2.44 bits per heavy atom. The number of sulfonamides is 1. The van der Waals surface area contributed by atoms with Gasteiger partial charge in [0.25, 0.3) is 0 Å². The van der Waals surface area contributed by atoms with Gasteiger partial charge in [-0.3, -0.25) is 9.59 Å². The second-order valence-electron chi connectivity index (χ2n) is 11.0. The molecule has 0 aromatic heterocycles. The van der Waals surface area contributed by atoms with E-state index in [0.717, 1.165) is 37.9 Å². The average Bonchev–Trinajstić information content (AvgIpc) is 3.47. The number of rotatable bonds is 3. The van der Waals surface area contributed by atoms with Crippen molar-refractivity contribution >= 4 is 21.8 Å². The van der Waals surface area contributed by atoms with Crippen molar-refractivity contribution in [1.82, 2.24) is 14.5 Å². The van der Waals surface area contributed by atoms with Crippen molar-refractivity contribution in [1.29, 1.82) is 0 Å². The molecule has 0 radical (unpaired) electrons. The van der Waals surface area contributed by atoms with Crippen LogP contribution in [-0.4, -0.2) is 68.3 Å². The number of fused-ring (bicyclic) bond motifs is 1. The van der Waals surface area contributed by atoms with Crippen LogP contribution in [-0.2, 0) is 26.0 Å². The van der Waals surface area contributed by atoms with Gasteiger partial charge < -0.3 is 15.0 Å². The Morgan fingerprint density at radius 2 is 1.64 bits per heavy atom. The van der Waals surface area contributed by atoms with E-state index in [-0.39, 0.29) is 16.7 Å². The highest BCUT2D eigenvalue weighted by atomic mass is 32.2. The second kappa shape index (κ2) is 12.1. The number of nitrogens with one attached hydrogen (secondary N) is 1. The summed E-state index contributed by atoms with van der Waals surface area (Å²) in [7, 11) is -3.74. The molecule has 0 saturated carbocycles. The van der Waals surface area contributed by atoms with Crippen molar-refractivity contribution in [2.45, 2.75) is 68.7 Å². The van der Waals surface area contributed by atoms with E-state index in [2.05, 4.69) is 11.4 Å². The van der Waals surface area contributed by atoms with Gasteiger partial charge in [0, 0.05) is 26.2 Å². The van der Waals surface area contributed by atoms with E-state index in [0.29, 0.717) is 58.5 Å². The number of piperidine rings is 1. The van der Waals surface area contributed by atoms with Crippen LogP contribution in [0.5, 0.6) is 5.75 Å². The number of carbonyl (C=O) groups excluding carboxylic acids is 2. The Morgan fingerprint density at radius 1 is 0.897 bits per heavy atom. The number of aryl methyl sites for hydroxylation is 1. The predicted octanol–water partition coefficient (Wildman–Crippen LogP) is 3.76. The zero-order valence-electron chi connectivity index (χ0n) is 22.5. The molecule has 8 nitrogen and oxygen atoms in total. The third-order valence-electron chi connectivity index (χ3n) is 8.54. The highest BCUT2D eigenvalue weighted by Crippen LogP contribution is 2.38. The third-order valence-corrected chi connectivity index (χ3v) is 10.5. The standard InChI is InChI=1S/C30H39N3O5S/c34-28(26-14-8-20-33(26)39(36,37)25-12-2-1-3-13-25)32-21-17-30(18-22-32)16-7-6-11-24-10-4-5-15-27(24)38-23-9-19-31-29(30)35/h1-5,10,12-13,15,26H,6-9,11,14,16-23H2,(H,31,35). The van der Waals surface area contributed by atoms with Gasteiger partial charge in [-0.2, -0.15) is 4.31 Å². The van der Waals surface area contributed by atoms with Crippen LogP contribution in [0.3, 0.4) is 0 Å². The average molecular weight is 554 g/mol. The number of nitrogens with zero attached hydrogens (tertiary/aromatic N) is 2. The lowest BCUT2D eigenvalue weighted by atomic mass is 9.73. The first-order valence-electron chi connectivity index (χ1n) is 14.3. The maximum atomic E-state index is 13.6. The second-order valence-corrected chi connectivity index (χ2v) is 12.9. The molecule has 2 aromatic carbocycles. The molecular formula is C30H39N3O5S. The Kier molecular flexibility index (Phi) is 8.57. The Bertz CT molecular complexity index is 1260. The van der Waals surface area contributed by atoms with Crippen LogP contribution < -0.4 is 10.1 Å². The number of carbonyl (C=O) groups is 2. The van der Waals surface area contributed by atoms with Crippen LogP contribution in [0.15, 0.2) is 59.5 Å². The highest BCUT2D eigenvalue weighted by molar-refractivity contribution is 7.89. The quantitative estimate of drug-likeness (QED) is 0.625. The van der Waals surface area contributed by atoms with Crippen LogP contribution in [0.2, 0.25) is 0 Å². The lowest BCUT2D eigenvalue weighted by Crippen LogP contribution is -2.54. The maximum Gasteiger partial charge on any atom is 0.243 e. The number of ether oxygens (including phenoxy) is 1. The van der Waals surface area contributed by atoms with Gasteiger partial charge >= 0.3 is 0 Å². The van der Waals surface area contributed by atoms with Crippen molar-refractivity contribution in [3.63, 3.8) is 0 Å². The predicted molar refractivity (Wildman–Crippen MR) is 149 cm³/mol. The summed E-state index contributed by atoms with van der Waals surface area (Å²) >= 11 is 0. The van der Waals surface area contributed by atoms with E-state index < -0.39 is 21.5 Å². The number of likely N-dealkylation sites (tertiary alicyclic amines) is 1. The van der Waals surface area contributed by atoms with E-state index in [1.165, 1.54) is 9.87 Å². The molecule has 3 heterocycles. The molecule has 3 aliphatic heterocycles. The fourth-order valence-corrected chi connectivity index (χ4v) is 7.90. The summed E-state index contributed by atoms with van der Waals surface area (Å²) in [6.07, 6.45) is 6.67. The van der Waals surface area contributed by atoms with Gasteiger partial charge in [0.05, 0.1) is 16.9 Å². The molecule has 2 saturated heterocycles. The Labute approximate surface area is 231 Å². The summed E-state index contributed by atoms with van der Waals surface area (Å²) in [4.78, 5) is 29.1. The zero-order chi connectivity index (χ0) is 27.3. The fraction of sp³-hybridized carbons (Fsp3) is 0.533. The van der Waals surface area contributed by atoms with E-state index in [1.807, 2.05) is 18.2 Å². The van der Waals surface area contributed by atoms with Crippen LogP contribution in [0, 0.1) is 5.41 Å². The number of hydrogen-bond acceptors (Lipinski definition) is 5. The molecule has 3 aliphatic rings. The first-order valence-corrected chi connectivity index (χ1v) is 15.7. The number of benzene rings is 2. The minimum Gasteiger partial charge on any atom is -0.493 e. The summed E-state index contributed by atoms with van der Waals surface area (Å²) in [5, 5.41) is 3.14. The van der Waals surface area contributed by atoms with E-state index in [4.69, 9.17) is 4.74 Å². The molecule has 39 heavy (non-hydrogen) atoms. The molecule has 2 fully saturated rings. The van der Waals surface area contributed by atoms with Crippen molar-refractivity contribution in [2.75, 3.05) is 32.8 Å². The van der Waals surface area contributed by atoms with Gasteiger partial charge in [0.15, 0.2) is 0 Å². The number of para-hydroxylation sites is 1. The van der Waals surface area contributed by atoms with E-state index >= 15 is 0 Å². The highest BCUT2D eigenvalue weighted by Gasteiger charge is 2.45. The van der Waals surface area contributed by atoms with Gasteiger partial charge in [-0.05, 0) is 75.1 Å². The van der Waals surface area contributed by atoms with Gasteiger partial charge in [0.2, 0.25) is 21.8 Å². The first-order chi connectivity index (χ1) is 18.9. The molecule has 0 aliphatic carbocycles. The third kappa shape index (κ3) is 5.99. The Balaban J connectivity index is 1.24. The van der Waals surface area contributed by atoms with Crippen molar-refractivity contribution in [2.24, 2.45) is 5.41 Å². The summed E-state index contributed by atoms with van der Waals surface area (Å²) in [6, 6.07) is 15.8. The minimum atomic E-state index is -3.74. The topological polar surface area (TPSA) is 96.0 Å². The molecule has 1 spiro atoms. The normalized spacial score (nSPS) is 23.0. The van der Waals surface area contributed by atoms with Crippen LogP contribution >= 0.6 is 0 Å². The van der Waals surface area contributed by atoms with Crippen LogP contribution in [0.1, 0.15) is 56.9 Å². The SMILES string of the molecule is O=C(C1CCCN1S(=O)(=O)c1ccccc1)N1CCC2(CCCCc3ccccc3OCCCNC2=O)CC1. The number of hydrogen-bond donors (Lipinski definition) is 1. The summed E-state index contributed by atoms with van der Waals surface area (Å²) in [5.41, 5.74) is 0.702. The maximum absolute atomic E-state index is 13.6. The van der Waals surface area contributed by atoms with Crippen LogP contribution in [0.25, 0.3) is 0 Å². The fourth-order valence-electron chi connectivity index (χ4n) is 6.23. The molecule has 9 heteroatoms. The molecule has 5 rings (SSSR count). The summed E-state index contributed by atoms with van der Waals surface area (Å²) in [5.74, 6) is 0.862. The van der Waals surface area contributed by atoms with Gasteiger partial charge in [-0.25, -0.2) is 8.42 Å². The molecule has 1 N–H and O–H groups in total. The van der Waals surface area contributed by atoms with Gasteiger partial charge in [-0.1, -0.05) is 42.8 Å². The van der Waals surface area contributed by atoms with E-state index in [9.17, 15) is 18.0 Å². The lowest BCUT2D eigenvalue weighted by molar-refractivity contribution is -0.143. The molecular weight excluding hydrogens is 514 g/mol. The lowest BCUT2D eigenvalue weighted by Gasteiger charge is -2.42. The molecule has 2 amide bonds. The van der Waals surface area contributed by atoms with Gasteiger partial charge in [0.1, 0.15) is 11.8 Å². The molecule has 2 aromatic rings. The first kappa shape index (κ1) is 27.6. The zero-order valence-corrected chi connectivity index (χ0v) is 23.3. The molecule has 1 atom stereocenters. The van der Waals surface area contributed by atoms with Crippen molar-refractivity contribution in [3.8, 4) is 5.75 Å². The summed E-state index contributed by atoms with van der Waals surface area (Å²) in [6.45, 7) is 2.39. The molecule has 1 unspecified atom stereocenters. The van der Waals surface area contributed by atoms with Crippen molar-refractivity contribution in [3.05, 3.63) is 60.2 Å². The molecule has 0 bridgehead atoms. The molecule has 210 valence electrons. The monoisotopic (exact) mass is 553 g/mol. The number of amides is 2. The van der Waals surface area contributed by atoms with Crippen molar-refractivity contribution < 1.29 is 22.7 Å². The summed E-state index contributed by atoms with van der Waals surface area (Å²) < 4.78 is 33.9. The van der Waals surface area contributed by atoms with Gasteiger partial charge in [-0.15, -0.1) is 0 Å². The van der Waals surface area contributed by atoms with E-state index in [1.54, 1.807) is 35.2 Å². The van der Waals surface area contributed by atoms with Crippen LogP contribution in [0.4, 0.5) is 0 Å². The smallest absolute Gasteiger partial charge is 0.243 e. The Hall–Kier alpha value is -2.91. The minimum absolute atomic E-state index is 0.0699.